The fourth-order valence-electron chi connectivity index (χ4n) is 3.47. The maximum atomic E-state index is 13.1. The number of rotatable bonds is 9. The highest BCUT2D eigenvalue weighted by Crippen LogP contribution is 2.37. The van der Waals surface area contributed by atoms with Gasteiger partial charge in [-0.1, -0.05) is 35.3 Å². The van der Waals surface area contributed by atoms with Gasteiger partial charge in [0.1, 0.15) is 24.7 Å². The minimum atomic E-state index is -0.606. The molecule has 1 aliphatic heterocycles. The molecule has 1 fully saturated rings. The van der Waals surface area contributed by atoms with Crippen molar-refractivity contribution in [3.05, 3.63) is 92.6 Å². The van der Waals surface area contributed by atoms with Crippen molar-refractivity contribution in [2.24, 2.45) is 0 Å². The summed E-state index contributed by atoms with van der Waals surface area (Å²) in [5.74, 6) is -0.591. The molecule has 0 radical (unpaired) electrons. The third kappa shape index (κ3) is 6.86. The summed E-state index contributed by atoms with van der Waals surface area (Å²) < 4.78 is 24.1. The summed E-state index contributed by atoms with van der Waals surface area (Å²) in [5.41, 5.74) is 1.70. The van der Waals surface area contributed by atoms with E-state index in [-0.39, 0.29) is 33.1 Å². The zero-order valence-corrected chi connectivity index (χ0v) is 22.3. The van der Waals surface area contributed by atoms with Crippen molar-refractivity contribution in [3.63, 3.8) is 0 Å². The Morgan fingerprint density at radius 3 is 2.32 bits per heavy atom. The molecular formula is C27H21Cl2FN2O5S. The number of hydrogen-bond acceptors (Lipinski definition) is 6. The monoisotopic (exact) mass is 574 g/mol. The van der Waals surface area contributed by atoms with Gasteiger partial charge in [-0.05, 0) is 84.4 Å². The number of carbonyl (C=O) groups is 3. The van der Waals surface area contributed by atoms with E-state index in [0.29, 0.717) is 35.4 Å². The molecule has 0 atom stereocenters. The van der Waals surface area contributed by atoms with Gasteiger partial charge in [0.05, 0.1) is 21.6 Å². The molecule has 3 aromatic rings. The van der Waals surface area contributed by atoms with Crippen LogP contribution in [0.15, 0.2) is 65.6 Å². The second-order valence-corrected chi connectivity index (χ2v) is 9.81. The topological polar surface area (TPSA) is 84.9 Å². The molecule has 3 amide bonds. The fraction of sp³-hybridized carbons (Fsp3) is 0.148. The lowest BCUT2D eigenvalue weighted by Gasteiger charge is -2.13. The van der Waals surface area contributed by atoms with Crippen LogP contribution in [0.3, 0.4) is 0 Å². The van der Waals surface area contributed by atoms with Crippen molar-refractivity contribution < 1.29 is 28.2 Å². The first-order valence-corrected chi connectivity index (χ1v) is 12.9. The number of ether oxygens (including phenoxy) is 2. The molecule has 11 heteroatoms. The van der Waals surface area contributed by atoms with Gasteiger partial charge in [-0.25, -0.2) is 4.39 Å². The lowest BCUT2D eigenvalue weighted by atomic mass is 10.2. The predicted octanol–water partition coefficient (Wildman–Crippen LogP) is 6.79. The van der Waals surface area contributed by atoms with E-state index >= 15 is 0 Å². The second kappa shape index (κ2) is 12.3. The van der Waals surface area contributed by atoms with Gasteiger partial charge in [0.25, 0.3) is 11.1 Å². The Morgan fingerprint density at radius 1 is 1.03 bits per heavy atom. The quantitative estimate of drug-likeness (QED) is 0.283. The first-order valence-electron chi connectivity index (χ1n) is 11.4. The molecule has 7 nitrogen and oxygen atoms in total. The number of carbonyl (C=O) groups excluding carboxylic acids is 3. The van der Waals surface area contributed by atoms with Crippen LogP contribution < -0.4 is 14.8 Å². The normalized spacial score (nSPS) is 14.2. The summed E-state index contributed by atoms with van der Waals surface area (Å²) in [7, 11) is 0. The third-order valence-corrected chi connectivity index (χ3v) is 6.71. The van der Waals surface area contributed by atoms with Gasteiger partial charge in [-0.15, -0.1) is 0 Å². The molecule has 3 aromatic carbocycles. The smallest absolute Gasteiger partial charge is 0.294 e. The van der Waals surface area contributed by atoms with E-state index in [1.54, 1.807) is 48.5 Å². The van der Waals surface area contributed by atoms with Crippen LogP contribution in [0, 0.1) is 5.82 Å². The van der Waals surface area contributed by atoms with E-state index in [1.807, 2.05) is 6.92 Å². The van der Waals surface area contributed by atoms with Gasteiger partial charge < -0.3 is 14.8 Å². The van der Waals surface area contributed by atoms with E-state index in [4.69, 9.17) is 32.7 Å². The van der Waals surface area contributed by atoms with E-state index in [2.05, 4.69) is 5.32 Å². The molecule has 0 bridgehead atoms. The van der Waals surface area contributed by atoms with Crippen molar-refractivity contribution in [2.45, 2.75) is 13.5 Å². The lowest BCUT2D eigenvalue weighted by molar-refractivity contribution is -0.127. The summed E-state index contributed by atoms with van der Waals surface area (Å²) in [6, 6.07) is 15.6. The molecule has 38 heavy (non-hydrogen) atoms. The first kappa shape index (κ1) is 27.5. The van der Waals surface area contributed by atoms with E-state index in [1.165, 1.54) is 18.2 Å². The molecule has 196 valence electrons. The molecule has 1 heterocycles. The molecule has 0 spiro atoms. The van der Waals surface area contributed by atoms with Gasteiger partial charge in [0.2, 0.25) is 5.91 Å². The number of amides is 3. The van der Waals surface area contributed by atoms with Crippen molar-refractivity contribution in [1.29, 1.82) is 0 Å². The Kier molecular flexibility index (Phi) is 8.93. The predicted molar refractivity (Wildman–Crippen MR) is 146 cm³/mol. The van der Waals surface area contributed by atoms with Crippen LogP contribution in [0.2, 0.25) is 10.0 Å². The van der Waals surface area contributed by atoms with Crippen LogP contribution >= 0.6 is 35.0 Å². The number of halogens is 3. The third-order valence-electron chi connectivity index (χ3n) is 5.24. The molecule has 0 aliphatic carbocycles. The highest BCUT2D eigenvalue weighted by Gasteiger charge is 2.36. The van der Waals surface area contributed by atoms with E-state index in [0.717, 1.165) is 10.5 Å². The summed E-state index contributed by atoms with van der Waals surface area (Å²) in [5, 5.41) is 2.47. The molecule has 4 rings (SSSR count). The number of thioether (sulfide) groups is 1. The molecule has 1 saturated heterocycles. The average Bonchev–Trinajstić information content (AvgIpc) is 3.13. The lowest BCUT2D eigenvalue weighted by Crippen LogP contribution is -2.36. The number of benzene rings is 3. The van der Waals surface area contributed by atoms with Crippen molar-refractivity contribution in [2.75, 3.05) is 18.5 Å². The summed E-state index contributed by atoms with van der Waals surface area (Å²) in [6.45, 7) is 2.07. The SMILES string of the molecule is CCOc1ccc(NC(=O)CN2C(=O)S/C(=C/c3cc(Cl)c(OCc4ccc(F)cc4)c(Cl)c3)C2=O)cc1. The molecule has 0 unspecified atom stereocenters. The summed E-state index contributed by atoms with van der Waals surface area (Å²) in [6.07, 6.45) is 1.47. The van der Waals surface area contributed by atoms with Crippen LogP contribution in [0.4, 0.5) is 14.9 Å². The number of anilines is 1. The van der Waals surface area contributed by atoms with Crippen molar-refractivity contribution in [1.82, 2.24) is 4.90 Å². The van der Waals surface area contributed by atoms with Gasteiger partial charge in [-0.3, -0.25) is 19.3 Å². The van der Waals surface area contributed by atoms with Gasteiger partial charge in [0, 0.05) is 5.69 Å². The second-order valence-electron chi connectivity index (χ2n) is 8.00. The highest BCUT2D eigenvalue weighted by atomic mass is 35.5. The van der Waals surface area contributed by atoms with Crippen LogP contribution in [0.25, 0.3) is 6.08 Å². The standard InChI is InChI=1S/C27H21Cl2FN2O5S/c1-2-36-20-9-7-19(8-10-20)31-24(33)14-32-26(34)23(38-27(32)35)13-17-11-21(28)25(22(29)12-17)37-15-16-3-5-18(30)6-4-16/h3-13H,2,14-15H2,1H3,(H,31,33)/b23-13+. The van der Waals surface area contributed by atoms with Gasteiger partial charge in [-0.2, -0.15) is 0 Å². The molecule has 0 saturated carbocycles. The summed E-state index contributed by atoms with van der Waals surface area (Å²) in [4.78, 5) is 38.7. The highest BCUT2D eigenvalue weighted by molar-refractivity contribution is 8.18. The Balaban J connectivity index is 1.40. The number of hydrogen-bond donors (Lipinski definition) is 1. The van der Waals surface area contributed by atoms with Crippen LogP contribution in [0.1, 0.15) is 18.1 Å². The van der Waals surface area contributed by atoms with Gasteiger partial charge >= 0.3 is 0 Å². The van der Waals surface area contributed by atoms with Gasteiger partial charge in [0.15, 0.2) is 5.75 Å². The van der Waals surface area contributed by atoms with Crippen LogP contribution in [-0.4, -0.2) is 35.1 Å². The maximum Gasteiger partial charge on any atom is 0.294 e. The average molecular weight is 575 g/mol. The minimum Gasteiger partial charge on any atom is -0.494 e. The van der Waals surface area contributed by atoms with E-state index < -0.39 is 23.6 Å². The van der Waals surface area contributed by atoms with Crippen LogP contribution in [-0.2, 0) is 16.2 Å². The maximum absolute atomic E-state index is 13.1. The molecular weight excluding hydrogens is 554 g/mol. The largest absolute Gasteiger partial charge is 0.494 e. The Hall–Kier alpha value is -3.53. The van der Waals surface area contributed by atoms with Crippen molar-refractivity contribution >= 4 is 63.8 Å². The van der Waals surface area contributed by atoms with Crippen LogP contribution in [0.5, 0.6) is 11.5 Å². The molecule has 1 aliphatic rings. The Labute approximate surface area is 232 Å². The minimum absolute atomic E-state index is 0.121. The fourth-order valence-corrected chi connectivity index (χ4v) is 4.92. The number of imide groups is 1. The van der Waals surface area contributed by atoms with E-state index in [9.17, 15) is 18.8 Å². The first-order chi connectivity index (χ1) is 18.2. The number of nitrogens with zero attached hydrogens (tertiary/aromatic N) is 1. The summed E-state index contributed by atoms with van der Waals surface area (Å²) >= 11 is 13.4. The molecule has 1 N–H and O–H groups in total. The Morgan fingerprint density at radius 2 is 1.68 bits per heavy atom. The zero-order chi connectivity index (χ0) is 27.2. The zero-order valence-electron chi connectivity index (χ0n) is 20.0. The Bertz CT molecular complexity index is 1370. The van der Waals surface area contributed by atoms with Crippen molar-refractivity contribution in [3.8, 4) is 11.5 Å². The number of nitrogens with one attached hydrogen (secondary N) is 1. The molecule has 0 aromatic heterocycles.